The SMILES string of the molecule is O=C(CCc1ccc(N2CCC(c3cc(C(F)(F)F)cc(C(F)(F)F)c3)(C(F)(F)F)C2O)cc1Cl)C1CC1. The van der Waals surface area contributed by atoms with Gasteiger partial charge in [0.2, 0.25) is 0 Å². The van der Waals surface area contributed by atoms with E-state index in [1.807, 2.05) is 0 Å². The number of anilines is 1. The van der Waals surface area contributed by atoms with Crippen LogP contribution in [-0.4, -0.2) is 29.8 Å². The third kappa shape index (κ3) is 5.34. The maximum Gasteiger partial charge on any atom is 0.416 e. The van der Waals surface area contributed by atoms with Gasteiger partial charge in [-0.25, -0.2) is 0 Å². The molecule has 1 heterocycles. The van der Waals surface area contributed by atoms with Gasteiger partial charge in [0.15, 0.2) is 0 Å². The van der Waals surface area contributed by atoms with Crippen LogP contribution in [0, 0.1) is 5.92 Å². The minimum Gasteiger partial charge on any atom is -0.372 e. The molecular weight excluding hydrogens is 553 g/mol. The lowest BCUT2D eigenvalue weighted by atomic mass is 9.76. The van der Waals surface area contributed by atoms with E-state index in [1.54, 1.807) is 0 Å². The highest BCUT2D eigenvalue weighted by Gasteiger charge is 2.65. The van der Waals surface area contributed by atoms with Crippen LogP contribution in [0.3, 0.4) is 0 Å². The molecule has 38 heavy (non-hydrogen) atoms. The number of alkyl halides is 9. The molecule has 1 aliphatic heterocycles. The van der Waals surface area contributed by atoms with Crippen LogP contribution in [0.2, 0.25) is 5.02 Å². The molecule has 0 bridgehead atoms. The minimum absolute atomic E-state index is 0.00239. The summed E-state index contributed by atoms with van der Waals surface area (Å²) in [5, 5.41) is 11.0. The summed E-state index contributed by atoms with van der Waals surface area (Å²) in [7, 11) is 0. The number of carbonyl (C=O) groups is 1. The zero-order chi connectivity index (χ0) is 28.3. The van der Waals surface area contributed by atoms with Gasteiger partial charge in [-0.05, 0) is 67.1 Å². The van der Waals surface area contributed by atoms with Crippen LogP contribution in [-0.2, 0) is 29.0 Å². The third-order valence-corrected chi connectivity index (χ3v) is 7.49. The zero-order valence-corrected chi connectivity index (χ0v) is 20.2. The van der Waals surface area contributed by atoms with Crippen LogP contribution < -0.4 is 4.90 Å². The van der Waals surface area contributed by atoms with Gasteiger partial charge in [-0.15, -0.1) is 0 Å². The van der Waals surface area contributed by atoms with Crippen molar-refractivity contribution in [1.29, 1.82) is 0 Å². The van der Waals surface area contributed by atoms with Crippen LogP contribution >= 0.6 is 11.6 Å². The number of nitrogens with zero attached hydrogens (tertiary/aromatic N) is 1. The Morgan fingerprint density at radius 2 is 1.53 bits per heavy atom. The first kappa shape index (κ1) is 28.5. The van der Waals surface area contributed by atoms with E-state index in [0.29, 0.717) is 5.56 Å². The van der Waals surface area contributed by atoms with Crippen molar-refractivity contribution in [1.82, 2.24) is 0 Å². The molecule has 0 amide bonds. The molecule has 4 rings (SSSR count). The first-order chi connectivity index (χ1) is 17.4. The van der Waals surface area contributed by atoms with Crippen molar-refractivity contribution in [2.45, 2.75) is 62.3 Å². The van der Waals surface area contributed by atoms with Gasteiger partial charge in [-0.1, -0.05) is 17.7 Å². The van der Waals surface area contributed by atoms with Crippen molar-refractivity contribution in [3.63, 3.8) is 0 Å². The first-order valence-electron chi connectivity index (χ1n) is 11.6. The fourth-order valence-electron chi connectivity index (χ4n) is 4.83. The van der Waals surface area contributed by atoms with E-state index in [9.17, 15) is 49.4 Å². The summed E-state index contributed by atoms with van der Waals surface area (Å²) in [5.41, 5.74) is -8.09. The Bertz CT molecular complexity index is 1190. The number of halogens is 10. The Kier molecular flexibility index (Phi) is 7.22. The van der Waals surface area contributed by atoms with Crippen LogP contribution in [0.4, 0.5) is 45.2 Å². The van der Waals surface area contributed by atoms with Crippen LogP contribution in [0.15, 0.2) is 36.4 Å². The Balaban J connectivity index is 1.71. The number of hydrogen-bond acceptors (Lipinski definition) is 3. The second-order valence-electron chi connectivity index (χ2n) is 9.60. The van der Waals surface area contributed by atoms with E-state index in [2.05, 4.69) is 0 Å². The molecule has 0 spiro atoms. The van der Waals surface area contributed by atoms with Crippen LogP contribution in [0.25, 0.3) is 0 Å². The standard InChI is InChI=1S/C25H21ClF9NO2/c26-19-12-18(5-3-13(19)4-6-20(37)14-1-2-14)36-8-7-22(21(36)38,25(33,34)35)15-9-16(23(27,28)29)11-17(10-15)24(30,31)32/h3,5,9-12,14,21,38H,1-2,4,6-8H2. The summed E-state index contributed by atoms with van der Waals surface area (Å²) in [6, 6.07) is 3.79. The fraction of sp³-hybridized carbons (Fsp3) is 0.480. The molecule has 2 aliphatic rings. The molecule has 1 saturated carbocycles. The number of rotatable bonds is 6. The zero-order valence-electron chi connectivity index (χ0n) is 19.4. The lowest BCUT2D eigenvalue weighted by Gasteiger charge is -2.38. The molecule has 3 nitrogen and oxygen atoms in total. The van der Waals surface area contributed by atoms with Crippen LogP contribution in [0.5, 0.6) is 0 Å². The van der Waals surface area contributed by atoms with Crippen LogP contribution in [0.1, 0.15) is 47.9 Å². The Morgan fingerprint density at radius 3 is 2.00 bits per heavy atom. The fourth-order valence-corrected chi connectivity index (χ4v) is 5.10. The third-order valence-electron chi connectivity index (χ3n) is 7.13. The number of aliphatic hydroxyl groups is 1. The highest BCUT2D eigenvalue weighted by Crippen LogP contribution is 2.53. The Morgan fingerprint density at radius 1 is 0.947 bits per heavy atom. The van der Waals surface area contributed by atoms with Gasteiger partial charge >= 0.3 is 18.5 Å². The quantitative estimate of drug-likeness (QED) is 0.368. The number of aryl methyl sites for hydroxylation is 1. The molecule has 2 aromatic carbocycles. The number of carbonyl (C=O) groups excluding carboxylic acids is 1. The summed E-state index contributed by atoms with van der Waals surface area (Å²) in [6.45, 7) is -0.534. The highest BCUT2D eigenvalue weighted by atomic mass is 35.5. The monoisotopic (exact) mass is 573 g/mol. The summed E-state index contributed by atoms with van der Waals surface area (Å²) in [4.78, 5) is 12.8. The Labute approximate surface area is 216 Å². The second kappa shape index (κ2) is 9.62. The number of ketones is 1. The summed E-state index contributed by atoms with van der Waals surface area (Å²) in [5.74, 6) is 0.117. The van der Waals surface area contributed by atoms with E-state index in [-0.39, 0.29) is 53.5 Å². The van der Waals surface area contributed by atoms with Gasteiger partial charge in [-0.2, -0.15) is 39.5 Å². The molecule has 2 aromatic rings. The summed E-state index contributed by atoms with van der Waals surface area (Å²) < 4.78 is 124. The Hall–Kier alpha value is -2.47. The van der Waals surface area contributed by atoms with Gasteiger partial charge in [0, 0.05) is 29.6 Å². The molecule has 1 aliphatic carbocycles. The molecule has 2 fully saturated rings. The first-order valence-corrected chi connectivity index (χ1v) is 12.0. The van der Waals surface area contributed by atoms with E-state index >= 15 is 0 Å². The number of benzene rings is 2. The van der Waals surface area contributed by atoms with Gasteiger partial charge in [0.05, 0.1) is 11.1 Å². The van der Waals surface area contributed by atoms with Gasteiger partial charge in [-0.3, -0.25) is 4.79 Å². The molecule has 0 aromatic heterocycles. The average Bonchev–Trinajstić information content (AvgIpc) is 3.58. The maximum atomic E-state index is 14.5. The lowest BCUT2D eigenvalue weighted by Crippen LogP contribution is -2.52. The topological polar surface area (TPSA) is 40.5 Å². The van der Waals surface area contributed by atoms with Crippen molar-refractivity contribution in [2.24, 2.45) is 5.92 Å². The van der Waals surface area contributed by atoms with Crippen molar-refractivity contribution < 1.29 is 49.4 Å². The molecular formula is C25H21ClF9NO2. The molecule has 0 radical (unpaired) electrons. The minimum atomic E-state index is -5.42. The lowest BCUT2D eigenvalue weighted by molar-refractivity contribution is -0.211. The molecule has 2 unspecified atom stereocenters. The number of hydrogen-bond donors (Lipinski definition) is 1. The van der Waals surface area contributed by atoms with Crippen molar-refractivity contribution >= 4 is 23.1 Å². The largest absolute Gasteiger partial charge is 0.416 e. The summed E-state index contributed by atoms with van der Waals surface area (Å²) >= 11 is 6.26. The van der Waals surface area contributed by atoms with E-state index in [1.165, 1.54) is 18.2 Å². The van der Waals surface area contributed by atoms with Gasteiger partial charge in [0.25, 0.3) is 0 Å². The molecule has 2 atom stereocenters. The molecule has 1 saturated heterocycles. The average molecular weight is 574 g/mol. The maximum absolute atomic E-state index is 14.5. The highest BCUT2D eigenvalue weighted by molar-refractivity contribution is 6.31. The van der Waals surface area contributed by atoms with Crippen molar-refractivity contribution in [3.05, 3.63) is 63.7 Å². The van der Waals surface area contributed by atoms with Gasteiger partial charge in [0.1, 0.15) is 17.4 Å². The van der Waals surface area contributed by atoms with Crippen molar-refractivity contribution in [2.75, 3.05) is 11.4 Å². The molecule has 13 heteroatoms. The number of aliphatic hydroxyl groups excluding tert-OH is 1. The predicted molar refractivity (Wildman–Crippen MR) is 120 cm³/mol. The predicted octanol–water partition coefficient (Wildman–Crippen LogP) is 7.32. The number of Topliss-reactive ketones (excluding diaryl/α,β-unsaturated/α-hetero) is 1. The second-order valence-corrected chi connectivity index (χ2v) is 10.0. The van der Waals surface area contributed by atoms with Gasteiger partial charge < -0.3 is 10.0 Å². The van der Waals surface area contributed by atoms with E-state index in [4.69, 9.17) is 11.6 Å². The van der Waals surface area contributed by atoms with Crippen molar-refractivity contribution in [3.8, 4) is 0 Å². The molecule has 208 valence electrons. The van der Waals surface area contributed by atoms with E-state index < -0.39 is 59.8 Å². The normalized spacial score (nSPS) is 22.7. The molecule has 1 N–H and O–H groups in total. The van der Waals surface area contributed by atoms with E-state index in [0.717, 1.165) is 17.7 Å². The smallest absolute Gasteiger partial charge is 0.372 e. The summed E-state index contributed by atoms with van der Waals surface area (Å²) in [6.07, 6.45) is -17.5.